The van der Waals surface area contributed by atoms with Crippen molar-refractivity contribution in [1.29, 1.82) is 0 Å². The topological polar surface area (TPSA) is 54.6 Å². The maximum absolute atomic E-state index is 12.8. The van der Waals surface area contributed by atoms with Gasteiger partial charge in [-0.25, -0.2) is 4.52 Å². The summed E-state index contributed by atoms with van der Waals surface area (Å²) in [5.41, 5.74) is 2.84. The number of ketones is 1. The zero-order valence-corrected chi connectivity index (χ0v) is 18.9. The third kappa shape index (κ3) is 5.33. The number of Topliss-reactive ketones (excluding diaryl/α,β-unsaturated/α-hetero) is 1. The van der Waals surface area contributed by atoms with Gasteiger partial charge in [-0.2, -0.15) is 18.3 Å². The first kappa shape index (κ1) is 24.3. The van der Waals surface area contributed by atoms with Crippen LogP contribution < -0.4 is 0 Å². The molecule has 0 bridgehead atoms. The van der Waals surface area contributed by atoms with Gasteiger partial charge in [-0.05, 0) is 62.8 Å². The molecule has 2 aromatic rings. The van der Waals surface area contributed by atoms with E-state index in [-0.39, 0.29) is 6.42 Å². The van der Waals surface area contributed by atoms with Crippen LogP contribution in [0.1, 0.15) is 57.2 Å². The van der Waals surface area contributed by atoms with E-state index in [2.05, 4.69) is 11.7 Å². The lowest BCUT2D eigenvalue weighted by Crippen LogP contribution is -2.43. The molecule has 1 atom stereocenters. The van der Waals surface area contributed by atoms with E-state index in [0.29, 0.717) is 24.8 Å². The van der Waals surface area contributed by atoms with Crippen LogP contribution in [0, 0.1) is 0 Å². The molecular weight excluding hydrogens is 441 g/mol. The predicted molar refractivity (Wildman–Crippen MR) is 120 cm³/mol. The number of fused-ring (bicyclic) bond motifs is 1. The molecule has 172 valence electrons. The van der Waals surface area contributed by atoms with E-state index >= 15 is 0 Å². The average molecular weight is 467 g/mol. The van der Waals surface area contributed by atoms with Crippen molar-refractivity contribution < 1.29 is 23.1 Å². The summed E-state index contributed by atoms with van der Waals surface area (Å²) in [6.45, 7) is 6.58. The van der Waals surface area contributed by atoms with Crippen molar-refractivity contribution in [3.8, 4) is 0 Å². The molecule has 3 rings (SSSR count). The molecule has 4 nitrogen and oxygen atoms in total. The first-order valence-corrected chi connectivity index (χ1v) is 10.8. The number of aryl methyl sites for hydroxylation is 1. The number of carbonyl (C=O) groups excluding carboxylic acids is 1. The fraction of sp³-hybridized carbons (Fsp3) is 0.417. The summed E-state index contributed by atoms with van der Waals surface area (Å²) in [6, 6.07) is 3.56. The Hall–Kier alpha value is -2.38. The number of pyridine rings is 1. The van der Waals surface area contributed by atoms with Gasteiger partial charge in [0.1, 0.15) is 5.78 Å². The normalized spacial score (nSPS) is 16.5. The van der Waals surface area contributed by atoms with Gasteiger partial charge in [-0.1, -0.05) is 35.9 Å². The molecule has 0 saturated carbocycles. The number of carbonyl (C=O) groups is 1. The average Bonchev–Trinajstić information content (AvgIpc) is 3.04. The molecular formula is C24H26ClF3N2O2. The van der Waals surface area contributed by atoms with Crippen molar-refractivity contribution in [2.75, 3.05) is 0 Å². The molecule has 0 unspecified atom stereocenters. The fourth-order valence-electron chi connectivity index (χ4n) is 3.82. The molecule has 0 saturated heterocycles. The number of allylic oxidation sites excluding steroid dienone is 5. The van der Waals surface area contributed by atoms with Crippen molar-refractivity contribution in [1.82, 2.24) is 9.61 Å². The van der Waals surface area contributed by atoms with Crippen LogP contribution in [0.5, 0.6) is 0 Å². The van der Waals surface area contributed by atoms with Gasteiger partial charge >= 0.3 is 6.18 Å². The number of hydrogen-bond acceptors (Lipinski definition) is 3. The van der Waals surface area contributed by atoms with E-state index in [1.54, 1.807) is 16.8 Å². The van der Waals surface area contributed by atoms with Gasteiger partial charge < -0.3 is 5.11 Å². The number of hydrogen-bond donors (Lipinski definition) is 1. The standard InChI is InChI=1S/C24H26ClF3N2O2/c1-15(2)16-7-9-17(10-8-16)22-20(29-30-12-11-18(25)13-21(22)30)6-4-5-19(31)14-23(3,32)24(26,27)28/h7,9,11-13,32H,1,4-6,8,10,14H2,2-3H3/t23-/m1/s1. The molecule has 8 heteroatoms. The van der Waals surface area contributed by atoms with Crippen LogP contribution in [0.2, 0.25) is 5.02 Å². The molecule has 2 aromatic heterocycles. The van der Waals surface area contributed by atoms with Gasteiger partial charge in [-0.3, -0.25) is 4.79 Å². The van der Waals surface area contributed by atoms with Gasteiger partial charge in [0, 0.05) is 29.6 Å². The third-order valence-corrected chi connectivity index (χ3v) is 5.94. The molecule has 1 aliphatic rings. The zero-order chi connectivity index (χ0) is 23.7. The monoisotopic (exact) mass is 466 g/mol. The van der Waals surface area contributed by atoms with Gasteiger partial charge in [0.05, 0.1) is 11.2 Å². The molecule has 2 heterocycles. The lowest BCUT2D eigenvalue weighted by molar-refractivity contribution is -0.253. The molecule has 0 aromatic carbocycles. The van der Waals surface area contributed by atoms with Crippen molar-refractivity contribution in [2.24, 2.45) is 0 Å². The van der Waals surface area contributed by atoms with E-state index in [4.69, 9.17) is 11.6 Å². The third-order valence-electron chi connectivity index (χ3n) is 5.71. The maximum Gasteiger partial charge on any atom is 0.417 e. The first-order chi connectivity index (χ1) is 14.9. The Morgan fingerprint density at radius 1 is 1.31 bits per heavy atom. The van der Waals surface area contributed by atoms with E-state index in [0.717, 1.165) is 40.8 Å². The van der Waals surface area contributed by atoms with Crippen molar-refractivity contribution in [3.63, 3.8) is 0 Å². The molecule has 0 fully saturated rings. The SMILES string of the molecule is C=C(C)C1=CC=C(c2c(CCCC(=O)C[C@@](C)(O)C(F)(F)F)nn3ccc(Cl)cc23)CC1. The summed E-state index contributed by atoms with van der Waals surface area (Å²) in [7, 11) is 0. The highest BCUT2D eigenvalue weighted by molar-refractivity contribution is 6.31. The summed E-state index contributed by atoms with van der Waals surface area (Å²) in [6.07, 6.45) is 2.37. The van der Waals surface area contributed by atoms with Crippen LogP contribution in [-0.2, 0) is 11.2 Å². The van der Waals surface area contributed by atoms with Gasteiger partial charge in [0.25, 0.3) is 0 Å². The van der Waals surface area contributed by atoms with E-state index in [1.165, 1.54) is 5.57 Å². The second kappa shape index (κ2) is 9.24. The lowest BCUT2D eigenvalue weighted by atomic mass is 9.89. The number of aliphatic hydroxyl groups is 1. The molecule has 0 amide bonds. The van der Waals surface area contributed by atoms with Crippen LogP contribution in [0.25, 0.3) is 11.1 Å². The molecule has 0 spiro atoms. The first-order valence-electron chi connectivity index (χ1n) is 10.4. The molecule has 0 aliphatic heterocycles. The van der Waals surface area contributed by atoms with Crippen LogP contribution >= 0.6 is 11.6 Å². The molecule has 1 N–H and O–H groups in total. The second-order valence-corrected chi connectivity index (χ2v) is 8.94. The smallest absolute Gasteiger partial charge is 0.380 e. The Bertz CT molecular complexity index is 1110. The highest BCUT2D eigenvalue weighted by Crippen LogP contribution is 2.35. The van der Waals surface area contributed by atoms with Crippen LogP contribution in [0.3, 0.4) is 0 Å². The number of alkyl halides is 3. The fourth-order valence-corrected chi connectivity index (χ4v) is 3.98. The quantitative estimate of drug-likeness (QED) is 0.499. The maximum atomic E-state index is 12.8. The Kier molecular flexibility index (Phi) is 7.00. The molecule has 32 heavy (non-hydrogen) atoms. The number of aromatic nitrogens is 2. The minimum atomic E-state index is -4.85. The van der Waals surface area contributed by atoms with Gasteiger partial charge in [0.15, 0.2) is 5.60 Å². The van der Waals surface area contributed by atoms with Crippen molar-refractivity contribution >= 4 is 28.5 Å². The summed E-state index contributed by atoms with van der Waals surface area (Å²) in [4.78, 5) is 12.1. The van der Waals surface area contributed by atoms with Gasteiger partial charge in [-0.15, -0.1) is 0 Å². The van der Waals surface area contributed by atoms with Crippen LogP contribution in [-0.4, -0.2) is 32.3 Å². The van der Waals surface area contributed by atoms with Crippen molar-refractivity contribution in [2.45, 2.75) is 64.1 Å². The van der Waals surface area contributed by atoms with E-state index < -0.39 is 24.0 Å². The summed E-state index contributed by atoms with van der Waals surface area (Å²) < 4.78 is 40.2. The number of rotatable bonds is 8. The summed E-state index contributed by atoms with van der Waals surface area (Å²) in [5, 5.41) is 14.7. The molecule has 0 radical (unpaired) electrons. The largest absolute Gasteiger partial charge is 0.417 e. The highest BCUT2D eigenvalue weighted by atomic mass is 35.5. The zero-order valence-electron chi connectivity index (χ0n) is 18.1. The van der Waals surface area contributed by atoms with E-state index in [1.807, 2.05) is 25.1 Å². The second-order valence-electron chi connectivity index (χ2n) is 8.50. The number of halogens is 4. The molecule has 1 aliphatic carbocycles. The Balaban J connectivity index is 1.81. The minimum absolute atomic E-state index is 0.0704. The van der Waals surface area contributed by atoms with Crippen LogP contribution in [0.15, 0.2) is 48.2 Å². The lowest BCUT2D eigenvalue weighted by Gasteiger charge is -2.25. The van der Waals surface area contributed by atoms with Crippen molar-refractivity contribution in [3.05, 3.63) is 64.5 Å². The Labute approximate surface area is 190 Å². The summed E-state index contributed by atoms with van der Waals surface area (Å²) in [5.74, 6) is -0.633. The minimum Gasteiger partial charge on any atom is -0.380 e. The summed E-state index contributed by atoms with van der Waals surface area (Å²) >= 11 is 6.20. The predicted octanol–water partition coefficient (Wildman–Crippen LogP) is 6.26. The number of nitrogens with zero attached hydrogens (tertiary/aromatic N) is 2. The Morgan fingerprint density at radius 2 is 2.03 bits per heavy atom. The van der Waals surface area contributed by atoms with Crippen LogP contribution in [0.4, 0.5) is 13.2 Å². The highest BCUT2D eigenvalue weighted by Gasteiger charge is 2.50. The Morgan fingerprint density at radius 3 is 2.62 bits per heavy atom. The van der Waals surface area contributed by atoms with Gasteiger partial charge in [0.2, 0.25) is 0 Å². The van der Waals surface area contributed by atoms with E-state index in [9.17, 15) is 23.1 Å².